The normalized spacial score (nSPS) is 16.0. The molecule has 120 valence electrons. The SMILES string of the molecule is O=C(O)C1Cc2cc(CCc3ccccc3O)c(Cl)c(Cl)c2O1. The lowest BCUT2D eigenvalue weighted by Crippen LogP contribution is -2.24. The Bertz CT molecular complexity index is 773. The van der Waals surface area contributed by atoms with Gasteiger partial charge in [0.05, 0.1) is 5.02 Å². The van der Waals surface area contributed by atoms with Crippen molar-refractivity contribution in [2.75, 3.05) is 0 Å². The molecule has 0 aliphatic carbocycles. The molecule has 2 aromatic carbocycles. The molecule has 0 bridgehead atoms. The molecule has 0 fully saturated rings. The first-order chi connectivity index (χ1) is 11.0. The van der Waals surface area contributed by atoms with Crippen LogP contribution in [-0.2, 0) is 24.1 Å². The molecule has 0 spiro atoms. The van der Waals surface area contributed by atoms with E-state index in [1.807, 2.05) is 18.2 Å². The van der Waals surface area contributed by atoms with Gasteiger partial charge in [-0.3, -0.25) is 0 Å². The quantitative estimate of drug-likeness (QED) is 0.876. The first-order valence-electron chi connectivity index (χ1n) is 7.13. The van der Waals surface area contributed by atoms with E-state index in [1.54, 1.807) is 12.1 Å². The highest BCUT2D eigenvalue weighted by Gasteiger charge is 2.32. The lowest BCUT2D eigenvalue weighted by atomic mass is 10.00. The van der Waals surface area contributed by atoms with Gasteiger partial charge in [0.1, 0.15) is 16.5 Å². The summed E-state index contributed by atoms with van der Waals surface area (Å²) in [6.45, 7) is 0. The molecule has 0 saturated carbocycles. The van der Waals surface area contributed by atoms with Gasteiger partial charge in [0, 0.05) is 12.0 Å². The van der Waals surface area contributed by atoms with Crippen molar-refractivity contribution in [3.05, 3.63) is 57.1 Å². The predicted molar refractivity (Wildman–Crippen MR) is 87.7 cm³/mol. The molecular formula is C17H14Cl2O4. The lowest BCUT2D eigenvalue weighted by Gasteiger charge is -2.11. The van der Waals surface area contributed by atoms with Gasteiger partial charge >= 0.3 is 5.97 Å². The Morgan fingerprint density at radius 3 is 2.57 bits per heavy atom. The molecule has 1 unspecified atom stereocenters. The number of benzene rings is 2. The van der Waals surface area contributed by atoms with E-state index in [-0.39, 0.29) is 17.2 Å². The Morgan fingerprint density at radius 1 is 1.17 bits per heavy atom. The van der Waals surface area contributed by atoms with Crippen molar-refractivity contribution in [3.8, 4) is 11.5 Å². The number of phenolic OH excluding ortho intramolecular Hbond substituents is 1. The van der Waals surface area contributed by atoms with Gasteiger partial charge in [-0.2, -0.15) is 0 Å². The third-order valence-electron chi connectivity index (χ3n) is 3.91. The number of carboxylic acid groups (broad SMARTS) is 1. The Morgan fingerprint density at radius 2 is 1.87 bits per heavy atom. The molecule has 4 nitrogen and oxygen atoms in total. The van der Waals surface area contributed by atoms with Gasteiger partial charge < -0.3 is 14.9 Å². The number of hydrogen-bond donors (Lipinski definition) is 2. The number of aliphatic carboxylic acids is 1. The summed E-state index contributed by atoms with van der Waals surface area (Å²) in [4.78, 5) is 11.1. The topological polar surface area (TPSA) is 66.8 Å². The van der Waals surface area contributed by atoms with Crippen molar-refractivity contribution < 1.29 is 19.7 Å². The fraction of sp³-hybridized carbons (Fsp3) is 0.235. The van der Waals surface area contributed by atoms with Crippen molar-refractivity contribution in [2.24, 2.45) is 0 Å². The highest BCUT2D eigenvalue weighted by Crippen LogP contribution is 2.42. The first-order valence-corrected chi connectivity index (χ1v) is 7.89. The van der Waals surface area contributed by atoms with E-state index in [2.05, 4.69) is 0 Å². The lowest BCUT2D eigenvalue weighted by molar-refractivity contribution is -0.144. The van der Waals surface area contributed by atoms with Crippen molar-refractivity contribution in [3.63, 3.8) is 0 Å². The molecule has 6 heteroatoms. The first kappa shape index (κ1) is 16.0. The standard InChI is InChI=1S/C17H14Cl2O4/c18-14-10(6-5-9-3-1-2-4-12(9)20)7-11-8-13(17(21)22)23-16(11)15(14)19/h1-4,7,13,20H,5-6,8H2,(H,21,22). The van der Waals surface area contributed by atoms with Crippen LogP contribution in [0.15, 0.2) is 30.3 Å². The van der Waals surface area contributed by atoms with Crippen LogP contribution < -0.4 is 4.74 Å². The predicted octanol–water partition coefficient (Wildman–Crippen LogP) is 3.87. The number of phenols is 1. The fourth-order valence-corrected chi connectivity index (χ4v) is 3.22. The number of para-hydroxylation sites is 1. The van der Waals surface area contributed by atoms with Crippen LogP contribution in [0.2, 0.25) is 10.0 Å². The molecule has 1 aliphatic rings. The summed E-state index contributed by atoms with van der Waals surface area (Å²) in [7, 11) is 0. The zero-order valence-electron chi connectivity index (χ0n) is 12.1. The second-order valence-corrected chi connectivity index (χ2v) is 6.19. The second kappa shape index (κ2) is 6.30. The summed E-state index contributed by atoms with van der Waals surface area (Å²) < 4.78 is 5.36. The highest BCUT2D eigenvalue weighted by molar-refractivity contribution is 6.43. The van der Waals surface area contributed by atoms with Crippen LogP contribution in [-0.4, -0.2) is 22.3 Å². The second-order valence-electron chi connectivity index (χ2n) is 5.43. The molecule has 0 saturated heterocycles. The Hall–Kier alpha value is -1.91. The van der Waals surface area contributed by atoms with Crippen LogP contribution >= 0.6 is 23.2 Å². The molecule has 1 heterocycles. The van der Waals surface area contributed by atoms with Crippen molar-refractivity contribution in [1.29, 1.82) is 0 Å². The summed E-state index contributed by atoms with van der Waals surface area (Å²) in [5.41, 5.74) is 2.38. The monoisotopic (exact) mass is 352 g/mol. The molecule has 3 rings (SSSR count). The van der Waals surface area contributed by atoms with E-state index in [0.29, 0.717) is 23.6 Å². The molecule has 2 N–H and O–H groups in total. The van der Waals surface area contributed by atoms with Gasteiger partial charge in [-0.1, -0.05) is 47.5 Å². The maximum Gasteiger partial charge on any atom is 0.345 e. The van der Waals surface area contributed by atoms with E-state index in [9.17, 15) is 9.90 Å². The van der Waals surface area contributed by atoms with Crippen LogP contribution in [0.1, 0.15) is 16.7 Å². The maximum absolute atomic E-state index is 11.1. The van der Waals surface area contributed by atoms with Crippen LogP contribution in [0.5, 0.6) is 11.5 Å². The van der Waals surface area contributed by atoms with E-state index >= 15 is 0 Å². The number of hydrogen-bond acceptors (Lipinski definition) is 3. The van der Waals surface area contributed by atoms with Crippen LogP contribution in [0.3, 0.4) is 0 Å². The van der Waals surface area contributed by atoms with E-state index in [1.165, 1.54) is 0 Å². The largest absolute Gasteiger partial charge is 0.508 e. The molecule has 1 atom stereocenters. The van der Waals surface area contributed by atoms with Crippen molar-refractivity contribution >= 4 is 29.2 Å². The van der Waals surface area contributed by atoms with E-state index < -0.39 is 12.1 Å². The van der Waals surface area contributed by atoms with Crippen molar-refractivity contribution in [2.45, 2.75) is 25.4 Å². The summed E-state index contributed by atoms with van der Waals surface area (Å²) >= 11 is 12.5. The van der Waals surface area contributed by atoms with Crippen molar-refractivity contribution in [1.82, 2.24) is 0 Å². The number of aromatic hydroxyl groups is 1. The smallest absolute Gasteiger partial charge is 0.345 e. The maximum atomic E-state index is 11.1. The number of carbonyl (C=O) groups is 1. The fourth-order valence-electron chi connectivity index (χ4n) is 2.69. The molecule has 0 radical (unpaired) electrons. The summed E-state index contributed by atoms with van der Waals surface area (Å²) in [6.07, 6.45) is 0.531. The van der Waals surface area contributed by atoms with E-state index in [4.69, 9.17) is 33.0 Å². The molecule has 2 aromatic rings. The van der Waals surface area contributed by atoms with Gasteiger partial charge in [-0.05, 0) is 30.0 Å². The number of carboxylic acids is 1. The minimum atomic E-state index is -1.02. The van der Waals surface area contributed by atoms with Gasteiger partial charge in [0.2, 0.25) is 0 Å². The molecule has 23 heavy (non-hydrogen) atoms. The molecular weight excluding hydrogens is 339 g/mol. The average molecular weight is 353 g/mol. The Kier molecular flexibility index (Phi) is 4.37. The molecule has 0 aromatic heterocycles. The summed E-state index contributed by atoms with van der Waals surface area (Å²) in [5, 5.41) is 19.5. The number of rotatable bonds is 4. The van der Waals surface area contributed by atoms with Crippen LogP contribution in [0.25, 0.3) is 0 Å². The zero-order valence-corrected chi connectivity index (χ0v) is 13.6. The van der Waals surface area contributed by atoms with Gasteiger partial charge in [0.25, 0.3) is 0 Å². The zero-order chi connectivity index (χ0) is 16.6. The van der Waals surface area contributed by atoms with Crippen LogP contribution in [0, 0.1) is 0 Å². The highest BCUT2D eigenvalue weighted by atomic mass is 35.5. The Balaban J connectivity index is 1.85. The number of halogens is 2. The van der Waals surface area contributed by atoms with Crippen LogP contribution in [0.4, 0.5) is 0 Å². The minimum Gasteiger partial charge on any atom is -0.508 e. The van der Waals surface area contributed by atoms with Gasteiger partial charge in [0.15, 0.2) is 6.10 Å². The van der Waals surface area contributed by atoms with Gasteiger partial charge in [-0.15, -0.1) is 0 Å². The number of fused-ring (bicyclic) bond motifs is 1. The summed E-state index contributed by atoms with van der Waals surface area (Å²) in [6, 6.07) is 8.95. The van der Waals surface area contributed by atoms with E-state index in [0.717, 1.165) is 16.7 Å². The average Bonchev–Trinajstić information content (AvgIpc) is 2.95. The number of ether oxygens (including phenoxy) is 1. The summed E-state index contributed by atoms with van der Waals surface area (Å²) in [5.74, 6) is -0.426. The van der Waals surface area contributed by atoms with Gasteiger partial charge in [-0.25, -0.2) is 4.79 Å². The molecule has 0 amide bonds. The molecule has 1 aliphatic heterocycles. The number of aryl methyl sites for hydroxylation is 2. The minimum absolute atomic E-state index is 0.241. The third kappa shape index (κ3) is 3.09. The third-order valence-corrected chi connectivity index (χ3v) is 4.80. The Labute approximate surface area is 143 Å².